The number of carbonyl (C=O) groups excluding carboxylic acids is 1. The summed E-state index contributed by atoms with van der Waals surface area (Å²) >= 11 is 11.8. The number of halogens is 2. The van der Waals surface area contributed by atoms with E-state index in [1.807, 2.05) is 23.1 Å². The molecular formula is C21H30Cl2N2O5. The maximum atomic E-state index is 11.9. The van der Waals surface area contributed by atoms with Crippen molar-refractivity contribution in [1.29, 1.82) is 0 Å². The molecule has 1 atom stereocenters. The normalized spacial score (nSPS) is 12.6. The summed E-state index contributed by atoms with van der Waals surface area (Å²) in [6, 6.07) is 5.65. The number of ether oxygens (including phenoxy) is 2. The summed E-state index contributed by atoms with van der Waals surface area (Å²) in [5, 5.41) is 9.28. The first-order valence-electron chi connectivity index (χ1n) is 9.62. The molecule has 1 aromatic rings. The number of aliphatic imine (C=N–C) groups is 1. The van der Waals surface area contributed by atoms with Crippen molar-refractivity contribution in [1.82, 2.24) is 0 Å². The maximum absolute atomic E-state index is 11.9. The molecule has 1 aromatic carbocycles. The van der Waals surface area contributed by atoms with Crippen molar-refractivity contribution < 1.29 is 24.2 Å². The van der Waals surface area contributed by atoms with Gasteiger partial charge >= 0.3 is 12.1 Å². The first-order chi connectivity index (χ1) is 14.1. The minimum absolute atomic E-state index is 0.188. The molecule has 1 amide bonds. The molecule has 1 N–H and O–H groups in total. The van der Waals surface area contributed by atoms with Gasteiger partial charge < -0.3 is 19.5 Å². The van der Waals surface area contributed by atoms with Gasteiger partial charge in [0.15, 0.2) is 0 Å². The molecule has 30 heavy (non-hydrogen) atoms. The highest BCUT2D eigenvalue weighted by Crippen LogP contribution is 2.28. The smallest absolute Gasteiger partial charge is 0.433 e. The Morgan fingerprint density at radius 1 is 1.23 bits per heavy atom. The number of amides is 1. The van der Waals surface area contributed by atoms with Crippen molar-refractivity contribution in [2.45, 2.75) is 39.2 Å². The molecule has 0 spiro atoms. The van der Waals surface area contributed by atoms with Crippen LogP contribution in [0.2, 0.25) is 0 Å². The van der Waals surface area contributed by atoms with E-state index in [-0.39, 0.29) is 6.42 Å². The zero-order valence-corrected chi connectivity index (χ0v) is 19.4. The fourth-order valence-electron chi connectivity index (χ4n) is 2.83. The van der Waals surface area contributed by atoms with Gasteiger partial charge in [-0.15, -0.1) is 23.2 Å². The summed E-state index contributed by atoms with van der Waals surface area (Å²) in [5.41, 5.74) is 1.03. The Kier molecular flexibility index (Phi) is 11.0. The first kappa shape index (κ1) is 26.0. The average Bonchev–Trinajstić information content (AvgIpc) is 2.64. The van der Waals surface area contributed by atoms with Gasteiger partial charge in [0.2, 0.25) is 0 Å². The molecule has 7 nitrogen and oxygen atoms in total. The Balaban J connectivity index is 3.13. The number of carboxylic acid groups (broad SMARTS) is 1. The third-order valence-corrected chi connectivity index (χ3v) is 4.38. The number of benzene rings is 1. The fraction of sp³-hybridized carbons (Fsp3) is 0.571. The third-order valence-electron chi connectivity index (χ3n) is 4.04. The number of hydrogen-bond donors (Lipinski definition) is 1. The molecule has 0 aliphatic carbocycles. The molecule has 0 saturated heterocycles. The summed E-state index contributed by atoms with van der Waals surface area (Å²) in [7, 11) is 1.55. The number of nitrogens with zero attached hydrogens (tertiary/aromatic N) is 2. The van der Waals surface area contributed by atoms with Crippen molar-refractivity contribution in [3.63, 3.8) is 0 Å². The van der Waals surface area contributed by atoms with E-state index in [9.17, 15) is 14.7 Å². The van der Waals surface area contributed by atoms with Crippen LogP contribution in [0.1, 0.15) is 32.8 Å². The second-order valence-corrected chi connectivity index (χ2v) is 8.44. The van der Waals surface area contributed by atoms with Gasteiger partial charge in [-0.3, -0.25) is 4.79 Å². The van der Waals surface area contributed by atoms with E-state index in [4.69, 9.17) is 32.7 Å². The minimum Gasteiger partial charge on any atom is -0.496 e. The van der Waals surface area contributed by atoms with E-state index >= 15 is 0 Å². The van der Waals surface area contributed by atoms with Crippen LogP contribution in [0.5, 0.6) is 5.75 Å². The molecule has 0 saturated carbocycles. The number of carbonyl (C=O) groups is 2. The van der Waals surface area contributed by atoms with Gasteiger partial charge in [0.05, 0.1) is 13.5 Å². The lowest BCUT2D eigenvalue weighted by Crippen LogP contribution is -2.27. The number of alkyl halides is 2. The second-order valence-electron chi connectivity index (χ2n) is 7.68. The average molecular weight is 461 g/mol. The van der Waals surface area contributed by atoms with E-state index in [2.05, 4.69) is 4.99 Å². The Morgan fingerprint density at radius 3 is 2.37 bits per heavy atom. The van der Waals surface area contributed by atoms with Gasteiger partial charge in [0.1, 0.15) is 11.4 Å². The van der Waals surface area contributed by atoms with Crippen LogP contribution in [0, 0.1) is 5.92 Å². The van der Waals surface area contributed by atoms with Gasteiger partial charge in [-0.2, -0.15) is 4.99 Å². The topological polar surface area (TPSA) is 88.4 Å². The zero-order chi connectivity index (χ0) is 22.7. The van der Waals surface area contributed by atoms with Crippen molar-refractivity contribution in [3.8, 4) is 5.75 Å². The summed E-state index contributed by atoms with van der Waals surface area (Å²) in [5.74, 6) is 0.00654. The fourth-order valence-corrected chi connectivity index (χ4v) is 3.24. The quantitative estimate of drug-likeness (QED) is 0.382. The molecule has 0 fully saturated rings. The molecule has 9 heteroatoms. The van der Waals surface area contributed by atoms with Crippen molar-refractivity contribution in [2.24, 2.45) is 10.9 Å². The van der Waals surface area contributed by atoms with Crippen LogP contribution in [0.15, 0.2) is 23.2 Å². The van der Waals surface area contributed by atoms with Crippen LogP contribution in [0.3, 0.4) is 0 Å². The van der Waals surface area contributed by atoms with Crippen molar-refractivity contribution in [2.75, 3.05) is 36.9 Å². The number of rotatable bonds is 11. The van der Waals surface area contributed by atoms with Crippen LogP contribution >= 0.6 is 23.2 Å². The Bertz CT molecular complexity index is 729. The monoisotopic (exact) mass is 460 g/mol. The van der Waals surface area contributed by atoms with E-state index in [0.29, 0.717) is 37.0 Å². The van der Waals surface area contributed by atoms with Gasteiger partial charge in [-0.1, -0.05) is 0 Å². The highest BCUT2D eigenvalue weighted by atomic mass is 35.5. The lowest BCUT2D eigenvalue weighted by molar-refractivity contribution is -0.137. The molecular weight excluding hydrogens is 431 g/mol. The molecule has 0 aliphatic rings. The second kappa shape index (κ2) is 12.6. The highest BCUT2D eigenvalue weighted by Gasteiger charge is 2.19. The van der Waals surface area contributed by atoms with E-state index in [1.54, 1.807) is 27.9 Å². The molecule has 0 aliphatic heterocycles. The van der Waals surface area contributed by atoms with E-state index in [0.717, 1.165) is 11.3 Å². The molecule has 0 bridgehead atoms. The Morgan fingerprint density at radius 2 is 1.87 bits per heavy atom. The predicted octanol–water partition coefficient (Wildman–Crippen LogP) is 4.62. The van der Waals surface area contributed by atoms with Gasteiger partial charge in [-0.25, -0.2) is 4.79 Å². The zero-order valence-electron chi connectivity index (χ0n) is 17.9. The molecule has 1 unspecified atom stereocenters. The lowest BCUT2D eigenvalue weighted by Gasteiger charge is -2.24. The third kappa shape index (κ3) is 9.67. The highest BCUT2D eigenvalue weighted by molar-refractivity contribution is 6.18. The van der Waals surface area contributed by atoms with Crippen LogP contribution in [-0.2, 0) is 16.0 Å². The predicted molar refractivity (Wildman–Crippen MR) is 121 cm³/mol. The van der Waals surface area contributed by atoms with E-state index in [1.165, 1.54) is 6.21 Å². The van der Waals surface area contributed by atoms with Gasteiger partial charge in [-0.05, 0) is 51.0 Å². The van der Waals surface area contributed by atoms with Gasteiger partial charge in [0.25, 0.3) is 0 Å². The summed E-state index contributed by atoms with van der Waals surface area (Å²) in [4.78, 5) is 29.1. The SMILES string of the molecule is COc1ccc(N(CCCl)CCCl)cc1CC(C=NC(=O)OC(C)(C)C)CC(=O)O. The number of carboxylic acids is 1. The van der Waals surface area contributed by atoms with Crippen LogP contribution < -0.4 is 9.64 Å². The van der Waals surface area contributed by atoms with Crippen molar-refractivity contribution >= 4 is 47.2 Å². The molecule has 1 rings (SSSR count). The molecule has 168 valence electrons. The van der Waals surface area contributed by atoms with Crippen molar-refractivity contribution in [3.05, 3.63) is 23.8 Å². The standard InChI is InChI=1S/C21H30Cl2N2O5/c1-21(2,3)30-20(28)24-14-15(12-19(26)27)11-16-13-17(5-6-18(16)29-4)25(9-7-22)10-8-23/h5-6,13-15H,7-12H2,1-4H3,(H,26,27). The largest absolute Gasteiger partial charge is 0.496 e. The van der Waals surface area contributed by atoms with Crippen LogP contribution in [0.4, 0.5) is 10.5 Å². The number of hydrogen-bond acceptors (Lipinski definition) is 5. The molecule has 0 radical (unpaired) electrons. The van der Waals surface area contributed by atoms with E-state index < -0.39 is 23.6 Å². The van der Waals surface area contributed by atoms with Crippen LogP contribution in [0.25, 0.3) is 0 Å². The Labute approximate surface area is 188 Å². The summed E-state index contributed by atoms with van der Waals surface area (Å²) in [6.45, 7) is 6.45. The lowest BCUT2D eigenvalue weighted by atomic mass is 9.96. The number of anilines is 1. The van der Waals surface area contributed by atoms with Crippen LogP contribution in [-0.4, -0.2) is 60.9 Å². The molecule has 0 aromatic heterocycles. The first-order valence-corrected chi connectivity index (χ1v) is 10.7. The number of aliphatic carboxylic acids is 1. The number of methoxy groups -OCH3 is 1. The maximum Gasteiger partial charge on any atom is 0.433 e. The van der Waals surface area contributed by atoms with Gasteiger partial charge in [0, 0.05) is 42.7 Å². The summed E-state index contributed by atoms with van der Waals surface area (Å²) in [6.07, 6.45) is 0.718. The minimum atomic E-state index is -0.989. The Hall–Kier alpha value is -1.99. The summed E-state index contributed by atoms with van der Waals surface area (Å²) < 4.78 is 10.6. The molecule has 0 heterocycles.